The molecule has 0 aromatic heterocycles. The monoisotopic (exact) mass is 276 g/mol. The molecule has 0 aliphatic carbocycles. The molecule has 14 heavy (non-hydrogen) atoms. The molecular formula is C9H9BrO3S. The van der Waals surface area contributed by atoms with Crippen LogP contribution in [0.15, 0.2) is 27.6 Å². The Kier molecular flexibility index (Phi) is 4.44. The summed E-state index contributed by atoms with van der Waals surface area (Å²) in [5.74, 6) is -0.479. The topological polar surface area (TPSA) is 46.5 Å². The maximum absolute atomic E-state index is 10.8. The maximum Gasteiger partial charge on any atom is 0.336 e. The molecule has 0 heterocycles. The van der Waals surface area contributed by atoms with E-state index in [0.29, 0.717) is 16.4 Å². The van der Waals surface area contributed by atoms with E-state index in [2.05, 4.69) is 15.9 Å². The average Bonchev–Trinajstić information content (AvgIpc) is 2.14. The molecule has 76 valence electrons. The number of hydrogen-bond acceptors (Lipinski definition) is 3. The van der Waals surface area contributed by atoms with E-state index in [-0.39, 0.29) is 0 Å². The number of aromatic carboxylic acids is 1. The molecular weight excluding hydrogens is 268 g/mol. The number of rotatable bonds is 4. The van der Waals surface area contributed by atoms with Crippen molar-refractivity contribution in [1.29, 1.82) is 0 Å². The Labute approximate surface area is 94.6 Å². The average molecular weight is 277 g/mol. The number of carboxylic acid groups (broad SMARTS) is 1. The second-order valence-corrected chi connectivity index (χ2v) is 4.38. The summed E-state index contributed by atoms with van der Waals surface area (Å²) in [5.41, 5.74) is 0.301. The predicted molar refractivity (Wildman–Crippen MR) is 58.8 cm³/mol. The number of carboxylic acids is 1. The molecule has 0 amide bonds. The zero-order valence-electron chi connectivity index (χ0n) is 7.49. The van der Waals surface area contributed by atoms with E-state index in [9.17, 15) is 4.79 Å². The summed E-state index contributed by atoms with van der Waals surface area (Å²) < 4.78 is 5.74. The SMILES string of the molecule is COCSc1cc(Br)ccc1C(=O)O. The second-order valence-electron chi connectivity index (χ2n) is 2.50. The third kappa shape index (κ3) is 3.01. The van der Waals surface area contributed by atoms with Crippen molar-refractivity contribution < 1.29 is 14.6 Å². The first-order valence-electron chi connectivity index (χ1n) is 3.79. The normalized spacial score (nSPS) is 10.1. The van der Waals surface area contributed by atoms with Crippen molar-refractivity contribution in [3.05, 3.63) is 28.2 Å². The van der Waals surface area contributed by atoms with E-state index >= 15 is 0 Å². The van der Waals surface area contributed by atoms with Gasteiger partial charge in [0.05, 0.1) is 11.5 Å². The summed E-state index contributed by atoms with van der Waals surface area (Å²) in [6, 6.07) is 5.05. The Balaban J connectivity index is 2.97. The highest BCUT2D eigenvalue weighted by Gasteiger charge is 2.10. The maximum atomic E-state index is 10.8. The quantitative estimate of drug-likeness (QED) is 0.679. The summed E-state index contributed by atoms with van der Waals surface area (Å²) in [4.78, 5) is 11.5. The Morgan fingerprint density at radius 3 is 2.93 bits per heavy atom. The number of hydrogen-bond donors (Lipinski definition) is 1. The molecule has 1 rings (SSSR count). The van der Waals surface area contributed by atoms with E-state index in [4.69, 9.17) is 9.84 Å². The Morgan fingerprint density at radius 2 is 2.36 bits per heavy atom. The van der Waals surface area contributed by atoms with Gasteiger partial charge in [-0.3, -0.25) is 0 Å². The highest BCUT2D eigenvalue weighted by molar-refractivity contribution is 9.10. The van der Waals surface area contributed by atoms with Gasteiger partial charge in [0.15, 0.2) is 0 Å². The summed E-state index contributed by atoms with van der Waals surface area (Å²) in [6.07, 6.45) is 0. The molecule has 0 bridgehead atoms. The van der Waals surface area contributed by atoms with Crippen molar-refractivity contribution in [2.75, 3.05) is 13.0 Å². The van der Waals surface area contributed by atoms with Crippen LogP contribution in [0.25, 0.3) is 0 Å². The lowest BCUT2D eigenvalue weighted by Gasteiger charge is -2.05. The summed E-state index contributed by atoms with van der Waals surface area (Å²) in [7, 11) is 1.57. The van der Waals surface area contributed by atoms with Crippen molar-refractivity contribution in [2.45, 2.75) is 4.90 Å². The van der Waals surface area contributed by atoms with Crippen molar-refractivity contribution in [1.82, 2.24) is 0 Å². The first-order valence-corrected chi connectivity index (χ1v) is 5.57. The van der Waals surface area contributed by atoms with E-state index < -0.39 is 5.97 Å². The van der Waals surface area contributed by atoms with Crippen LogP contribution in [0.1, 0.15) is 10.4 Å². The molecule has 0 aliphatic rings. The van der Waals surface area contributed by atoms with Gasteiger partial charge in [-0.2, -0.15) is 0 Å². The van der Waals surface area contributed by atoms with Gasteiger partial charge in [0.25, 0.3) is 0 Å². The second kappa shape index (κ2) is 5.38. The van der Waals surface area contributed by atoms with Crippen LogP contribution in [0, 0.1) is 0 Å². The minimum atomic E-state index is -0.920. The first kappa shape index (κ1) is 11.6. The molecule has 3 nitrogen and oxygen atoms in total. The van der Waals surface area contributed by atoms with Crippen LogP contribution in [0.2, 0.25) is 0 Å². The minimum Gasteiger partial charge on any atom is -0.478 e. The van der Waals surface area contributed by atoms with Gasteiger partial charge in [-0.1, -0.05) is 27.7 Å². The number of methoxy groups -OCH3 is 1. The van der Waals surface area contributed by atoms with Crippen LogP contribution in [0.4, 0.5) is 0 Å². The molecule has 1 aromatic rings. The Morgan fingerprint density at radius 1 is 1.64 bits per heavy atom. The van der Waals surface area contributed by atoms with Crippen molar-refractivity contribution >= 4 is 33.7 Å². The van der Waals surface area contributed by atoms with Crippen molar-refractivity contribution in [3.8, 4) is 0 Å². The Hall–Kier alpha value is -0.520. The predicted octanol–water partition coefficient (Wildman–Crippen LogP) is 2.84. The van der Waals surface area contributed by atoms with Gasteiger partial charge in [-0.15, -0.1) is 0 Å². The van der Waals surface area contributed by atoms with E-state index in [1.165, 1.54) is 11.8 Å². The van der Waals surface area contributed by atoms with E-state index in [1.54, 1.807) is 25.3 Å². The lowest BCUT2D eigenvalue weighted by atomic mass is 10.2. The smallest absolute Gasteiger partial charge is 0.336 e. The molecule has 0 aliphatic heterocycles. The number of ether oxygens (including phenoxy) is 1. The van der Waals surface area contributed by atoms with Crippen LogP contribution in [0.3, 0.4) is 0 Å². The molecule has 0 atom stereocenters. The van der Waals surface area contributed by atoms with E-state index in [0.717, 1.165) is 4.47 Å². The van der Waals surface area contributed by atoms with Gasteiger partial charge < -0.3 is 9.84 Å². The summed E-state index contributed by atoms with van der Waals surface area (Å²) >= 11 is 4.65. The van der Waals surface area contributed by atoms with Gasteiger partial charge in [0.2, 0.25) is 0 Å². The summed E-state index contributed by atoms with van der Waals surface area (Å²) in [5, 5.41) is 8.89. The molecule has 0 saturated carbocycles. The van der Waals surface area contributed by atoms with Crippen LogP contribution >= 0.6 is 27.7 Å². The number of halogens is 1. The number of carbonyl (C=O) groups is 1. The molecule has 5 heteroatoms. The summed E-state index contributed by atoms with van der Waals surface area (Å²) in [6.45, 7) is 0. The van der Waals surface area contributed by atoms with Gasteiger partial charge >= 0.3 is 5.97 Å². The molecule has 0 unspecified atom stereocenters. The van der Waals surface area contributed by atoms with Gasteiger partial charge in [0, 0.05) is 16.5 Å². The molecule has 0 spiro atoms. The fraction of sp³-hybridized carbons (Fsp3) is 0.222. The van der Waals surface area contributed by atoms with Gasteiger partial charge in [-0.25, -0.2) is 4.79 Å². The van der Waals surface area contributed by atoms with Crippen molar-refractivity contribution in [2.24, 2.45) is 0 Å². The fourth-order valence-electron chi connectivity index (χ4n) is 0.915. The van der Waals surface area contributed by atoms with Crippen LogP contribution < -0.4 is 0 Å². The third-order valence-electron chi connectivity index (χ3n) is 1.51. The first-order chi connectivity index (χ1) is 6.65. The zero-order valence-corrected chi connectivity index (χ0v) is 9.89. The molecule has 0 saturated heterocycles. The third-order valence-corrected chi connectivity index (χ3v) is 3.00. The molecule has 0 fully saturated rings. The number of thioether (sulfide) groups is 1. The largest absolute Gasteiger partial charge is 0.478 e. The van der Waals surface area contributed by atoms with Crippen LogP contribution in [-0.4, -0.2) is 24.1 Å². The van der Waals surface area contributed by atoms with Gasteiger partial charge in [0.1, 0.15) is 0 Å². The van der Waals surface area contributed by atoms with Crippen molar-refractivity contribution in [3.63, 3.8) is 0 Å². The van der Waals surface area contributed by atoms with Crippen LogP contribution in [0.5, 0.6) is 0 Å². The van der Waals surface area contributed by atoms with E-state index in [1.807, 2.05) is 0 Å². The standard InChI is InChI=1S/C9H9BrO3S/c1-13-5-14-8-4-6(10)2-3-7(8)9(11)12/h2-4H,5H2,1H3,(H,11,12). The van der Waals surface area contributed by atoms with Gasteiger partial charge in [-0.05, 0) is 18.2 Å². The Bertz CT molecular complexity index is 341. The molecule has 1 aromatic carbocycles. The fourth-order valence-corrected chi connectivity index (χ4v) is 2.19. The minimum absolute atomic E-state index is 0.301. The highest BCUT2D eigenvalue weighted by Crippen LogP contribution is 2.26. The highest BCUT2D eigenvalue weighted by atomic mass is 79.9. The number of benzene rings is 1. The lowest BCUT2D eigenvalue weighted by Crippen LogP contribution is -1.99. The zero-order chi connectivity index (χ0) is 10.6. The lowest BCUT2D eigenvalue weighted by molar-refractivity contribution is 0.0693. The van der Waals surface area contributed by atoms with Crippen LogP contribution in [-0.2, 0) is 4.74 Å². The molecule has 1 N–H and O–H groups in total. The molecule has 0 radical (unpaired) electrons.